The molecule has 0 aliphatic carbocycles. The lowest BCUT2D eigenvalue weighted by Gasteiger charge is -2.16. The molecule has 0 saturated carbocycles. The third-order valence-electron chi connectivity index (χ3n) is 2.94. The second kappa shape index (κ2) is 7.31. The van der Waals surface area contributed by atoms with Gasteiger partial charge in [0.2, 0.25) is 5.91 Å². The molecule has 22 heavy (non-hydrogen) atoms. The molecular formula is C16H18N2O4. The van der Waals surface area contributed by atoms with Crippen LogP contribution in [0.4, 0.5) is 5.69 Å². The summed E-state index contributed by atoms with van der Waals surface area (Å²) in [6, 6.07) is 10.4. The Kier molecular flexibility index (Phi) is 5.19. The molecule has 1 N–H and O–H groups in total. The van der Waals surface area contributed by atoms with Crippen LogP contribution in [0.2, 0.25) is 0 Å². The predicted octanol–water partition coefficient (Wildman–Crippen LogP) is 2.28. The van der Waals surface area contributed by atoms with Gasteiger partial charge in [0.05, 0.1) is 12.8 Å². The number of rotatable bonds is 6. The maximum atomic E-state index is 12.0. The number of benzene rings is 1. The van der Waals surface area contributed by atoms with E-state index in [-0.39, 0.29) is 18.4 Å². The summed E-state index contributed by atoms with van der Waals surface area (Å²) >= 11 is 0. The first-order valence-electron chi connectivity index (χ1n) is 6.81. The van der Waals surface area contributed by atoms with Crippen molar-refractivity contribution >= 4 is 17.5 Å². The quantitative estimate of drug-likeness (QED) is 0.888. The largest absolute Gasteiger partial charge is 0.484 e. The Labute approximate surface area is 128 Å². The first-order valence-corrected chi connectivity index (χ1v) is 6.81. The minimum absolute atomic E-state index is 0.0588. The van der Waals surface area contributed by atoms with Crippen LogP contribution in [0.3, 0.4) is 0 Å². The molecule has 0 unspecified atom stereocenters. The molecule has 0 radical (unpaired) electrons. The van der Waals surface area contributed by atoms with Crippen LogP contribution < -0.4 is 10.1 Å². The zero-order chi connectivity index (χ0) is 15.9. The Hall–Kier alpha value is -2.76. The lowest BCUT2D eigenvalue weighted by atomic mass is 10.3. The van der Waals surface area contributed by atoms with Gasteiger partial charge in [-0.1, -0.05) is 0 Å². The second-order valence-corrected chi connectivity index (χ2v) is 4.82. The van der Waals surface area contributed by atoms with Crippen molar-refractivity contribution in [3.63, 3.8) is 0 Å². The SMILES string of the molecule is CC(=O)Nc1ccc(OCC(=O)N(C)Cc2ccco2)cc1. The molecule has 1 aromatic heterocycles. The molecule has 116 valence electrons. The van der Waals surface area contributed by atoms with Crippen LogP contribution in [-0.4, -0.2) is 30.4 Å². The van der Waals surface area contributed by atoms with Gasteiger partial charge < -0.3 is 19.4 Å². The summed E-state index contributed by atoms with van der Waals surface area (Å²) in [6.07, 6.45) is 1.57. The molecule has 0 fully saturated rings. The van der Waals surface area contributed by atoms with Gasteiger partial charge in [-0.2, -0.15) is 0 Å². The molecule has 2 amide bonds. The number of amides is 2. The molecule has 0 bridgehead atoms. The lowest BCUT2D eigenvalue weighted by molar-refractivity contribution is -0.132. The van der Waals surface area contributed by atoms with Crippen molar-refractivity contribution in [1.82, 2.24) is 4.90 Å². The van der Waals surface area contributed by atoms with Crippen molar-refractivity contribution in [3.05, 3.63) is 48.4 Å². The van der Waals surface area contributed by atoms with E-state index in [1.165, 1.54) is 11.8 Å². The Morgan fingerprint density at radius 2 is 1.95 bits per heavy atom. The topological polar surface area (TPSA) is 71.8 Å². The van der Waals surface area contributed by atoms with Gasteiger partial charge in [0.1, 0.15) is 11.5 Å². The van der Waals surface area contributed by atoms with E-state index in [1.807, 2.05) is 6.07 Å². The van der Waals surface area contributed by atoms with Crippen LogP contribution >= 0.6 is 0 Å². The Bertz CT molecular complexity index is 620. The number of ether oxygens (including phenoxy) is 1. The number of carbonyl (C=O) groups excluding carboxylic acids is 2. The minimum Gasteiger partial charge on any atom is -0.484 e. The number of nitrogens with zero attached hydrogens (tertiary/aromatic N) is 1. The lowest BCUT2D eigenvalue weighted by Crippen LogP contribution is -2.30. The van der Waals surface area contributed by atoms with Gasteiger partial charge >= 0.3 is 0 Å². The summed E-state index contributed by atoms with van der Waals surface area (Å²) in [6.45, 7) is 1.78. The number of nitrogens with one attached hydrogen (secondary N) is 1. The van der Waals surface area contributed by atoms with E-state index in [1.54, 1.807) is 43.6 Å². The van der Waals surface area contributed by atoms with E-state index < -0.39 is 0 Å². The van der Waals surface area contributed by atoms with Crippen molar-refractivity contribution in [3.8, 4) is 5.75 Å². The average molecular weight is 302 g/mol. The molecule has 2 aromatic rings. The standard InChI is InChI=1S/C16H18N2O4/c1-12(19)17-13-5-7-14(8-6-13)22-11-16(20)18(2)10-15-4-3-9-21-15/h3-9H,10-11H2,1-2H3,(H,17,19). The summed E-state index contributed by atoms with van der Waals surface area (Å²) in [5.41, 5.74) is 0.682. The zero-order valence-corrected chi connectivity index (χ0v) is 12.5. The van der Waals surface area contributed by atoms with Gasteiger partial charge in [0.15, 0.2) is 6.61 Å². The molecule has 2 rings (SSSR count). The number of anilines is 1. The van der Waals surface area contributed by atoms with E-state index in [0.29, 0.717) is 18.0 Å². The molecule has 0 saturated heterocycles. The van der Waals surface area contributed by atoms with Crippen molar-refractivity contribution in [2.45, 2.75) is 13.5 Å². The van der Waals surface area contributed by atoms with Crippen LogP contribution in [0.5, 0.6) is 5.75 Å². The Balaban J connectivity index is 1.81. The highest BCUT2D eigenvalue weighted by atomic mass is 16.5. The molecular weight excluding hydrogens is 284 g/mol. The highest BCUT2D eigenvalue weighted by molar-refractivity contribution is 5.88. The maximum Gasteiger partial charge on any atom is 0.260 e. The maximum absolute atomic E-state index is 12.0. The van der Waals surface area contributed by atoms with Gasteiger partial charge in [-0.25, -0.2) is 0 Å². The van der Waals surface area contributed by atoms with Crippen molar-refractivity contribution in [1.29, 1.82) is 0 Å². The summed E-state index contributed by atoms with van der Waals surface area (Å²) in [4.78, 5) is 24.4. The first kappa shape index (κ1) is 15.6. The molecule has 0 atom stereocenters. The molecule has 0 aliphatic heterocycles. The van der Waals surface area contributed by atoms with Crippen molar-refractivity contribution in [2.24, 2.45) is 0 Å². The third kappa shape index (κ3) is 4.66. The Morgan fingerprint density at radius 1 is 1.23 bits per heavy atom. The average Bonchev–Trinajstić information content (AvgIpc) is 2.98. The van der Waals surface area contributed by atoms with Crippen LogP contribution in [0, 0.1) is 0 Å². The monoisotopic (exact) mass is 302 g/mol. The van der Waals surface area contributed by atoms with Gasteiger partial charge in [-0.3, -0.25) is 9.59 Å². The van der Waals surface area contributed by atoms with E-state index in [0.717, 1.165) is 5.76 Å². The predicted molar refractivity (Wildman–Crippen MR) is 81.4 cm³/mol. The molecule has 1 heterocycles. The fourth-order valence-corrected chi connectivity index (χ4v) is 1.82. The van der Waals surface area contributed by atoms with E-state index >= 15 is 0 Å². The Morgan fingerprint density at radius 3 is 2.55 bits per heavy atom. The highest BCUT2D eigenvalue weighted by Crippen LogP contribution is 2.15. The number of furan rings is 1. The molecule has 6 nitrogen and oxygen atoms in total. The van der Waals surface area contributed by atoms with Crippen LogP contribution in [0.1, 0.15) is 12.7 Å². The van der Waals surface area contributed by atoms with E-state index in [4.69, 9.17) is 9.15 Å². The van der Waals surface area contributed by atoms with Crippen molar-refractivity contribution in [2.75, 3.05) is 19.0 Å². The summed E-state index contributed by atoms with van der Waals surface area (Å²) in [5.74, 6) is 0.995. The smallest absolute Gasteiger partial charge is 0.260 e. The molecule has 0 spiro atoms. The summed E-state index contributed by atoms with van der Waals surface area (Å²) < 4.78 is 10.6. The number of likely N-dealkylation sites (N-methyl/N-ethyl adjacent to an activating group) is 1. The van der Waals surface area contributed by atoms with Gasteiger partial charge in [0.25, 0.3) is 5.91 Å². The molecule has 6 heteroatoms. The van der Waals surface area contributed by atoms with Crippen LogP contribution in [0.15, 0.2) is 47.1 Å². The van der Waals surface area contributed by atoms with Gasteiger partial charge in [0, 0.05) is 19.7 Å². The fraction of sp³-hybridized carbons (Fsp3) is 0.250. The minimum atomic E-state index is -0.151. The molecule has 0 aliphatic rings. The van der Waals surface area contributed by atoms with Gasteiger partial charge in [-0.15, -0.1) is 0 Å². The number of hydrogen-bond acceptors (Lipinski definition) is 4. The van der Waals surface area contributed by atoms with E-state index in [9.17, 15) is 9.59 Å². The summed E-state index contributed by atoms with van der Waals surface area (Å²) in [5, 5.41) is 2.66. The highest BCUT2D eigenvalue weighted by Gasteiger charge is 2.11. The van der Waals surface area contributed by atoms with Crippen LogP contribution in [0.25, 0.3) is 0 Å². The second-order valence-electron chi connectivity index (χ2n) is 4.82. The van der Waals surface area contributed by atoms with Crippen LogP contribution in [-0.2, 0) is 16.1 Å². The normalized spacial score (nSPS) is 10.1. The van der Waals surface area contributed by atoms with Gasteiger partial charge in [-0.05, 0) is 36.4 Å². The van der Waals surface area contributed by atoms with E-state index in [2.05, 4.69) is 5.32 Å². The number of carbonyl (C=O) groups is 2. The van der Waals surface area contributed by atoms with Crippen molar-refractivity contribution < 1.29 is 18.7 Å². The zero-order valence-electron chi connectivity index (χ0n) is 12.5. The first-order chi connectivity index (χ1) is 10.5. The third-order valence-corrected chi connectivity index (χ3v) is 2.94. The fourth-order valence-electron chi connectivity index (χ4n) is 1.82. The summed E-state index contributed by atoms with van der Waals surface area (Å²) in [7, 11) is 1.69. The number of hydrogen-bond donors (Lipinski definition) is 1. The molecule has 1 aromatic carbocycles.